The molecular weight excluding hydrogens is 332 g/mol. The number of carbonyl (C=O) groups excluding carboxylic acids is 2. The molecule has 1 atom stereocenters. The van der Waals surface area contributed by atoms with Crippen molar-refractivity contribution in [1.82, 2.24) is 0 Å². The Bertz CT molecular complexity index is 326. The van der Waals surface area contributed by atoms with Gasteiger partial charge in [0.05, 0.1) is 13.2 Å². The van der Waals surface area contributed by atoms with Crippen LogP contribution in [0.5, 0.6) is 0 Å². The van der Waals surface area contributed by atoms with Gasteiger partial charge in [-0.1, -0.05) is 71.1 Å². The Balaban J connectivity index is 0. The van der Waals surface area contributed by atoms with Crippen LogP contribution in [0.2, 0.25) is 0 Å². The number of carbonyl (C=O) groups is 2. The minimum Gasteiger partial charge on any atom is -0.467 e. The van der Waals surface area contributed by atoms with Gasteiger partial charge in [-0.25, -0.2) is 4.79 Å². The minimum atomic E-state index is -0.995. The average Bonchev–Trinajstić information content (AvgIpc) is 2.58. The van der Waals surface area contributed by atoms with Crippen molar-refractivity contribution >= 4 is 11.9 Å². The van der Waals surface area contributed by atoms with Gasteiger partial charge in [-0.05, 0) is 27.2 Å². The molecule has 0 radical (unpaired) electrons. The first-order valence-corrected chi connectivity index (χ1v) is 10.3. The van der Waals surface area contributed by atoms with E-state index < -0.39 is 12.1 Å². The lowest BCUT2D eigenvalue weighted by Gasteiger charge is -2.07. The topological polar surface area (TPSA) is 72.8 Å². The van der Waals surface area contributed by atoms with Crippen LogP contribution in [0.15, 0.2) is 0 Å². The second-order valence-electron chi connectivity index (χ2n) is 7.02. The predicted octanol–water partition coefficient (Wildman–Crippen LogP) is 5.18. The SMILES string of the molecule is CCCCCCCCCCCCCC(=O)OC(C)C.COC(=O)C(C)O. The smallest absolute Gasteiger partial charge is 0.334 e. The molecule has 1 unspecified atom stereocenters. The fourth-order valence-electron chi connectivity index (χ4n) is 2.43. The van der Waals surface area contributed by atoms with Gasteiger partial charge in [0, 0.05) is 6.42 Å². The maximum absolute atomic E-state index is 11.3. The molecular formula is C21H42O5. The Labute approximate surface area is 160 Å². The molecule has 0 aliphatic rings. The molecule has 0 saturated carbocycles. The highest BCUT2D eigenvalue weighted by atomic mass is 16.5. The van der Waals surface area contributed by atoms with Gasteiger partial charge in [-0.15, -0.1) is 0 Å². The van der Waals surface area contributed by atoms with Gasteiger partial charge in [0.2, 0.25) is 0 Å². The lowest BCUT2D eigenvalue weighted by molar-refractivity contribution is -0.149. The fraction of sp³-hybridized carbons (Fsp3) is 0.905. The molecule has 0 rings (SSSR count). The summed E-state index contributed by atoms with van der Waals surface area (Å²) in [5, 5.41) is 8.35. The zero-order chi connectivity index (χ0) is 20.2. The summed E-state index contributed by atoms with van der Waals surface area (Å²) in [5.74, 6) is -0.633. The second-order valence-corrected chi connectivity index (χ2v) is 7.02. The van der Waals surface area contributed by atoms with Gasteiger partial charge in [-0.2, -0.15) is 0 Å². The van der Waals surface area contributed by atoms with Crippen LogP contribution in [0.3, 0.4) is 0 Å². The van der Waals surface area contributed by atoms with Crippen LogP contribution in [0.1, 0.15) is 105 Å². The van der Waals surface area contributed by atoms with Gasteiger partial charge in [-0.3, -0.25) is 4.79 Å². The maximum atomic E-state index is 11.3. The maximum Gasteiger partial charge on any atom is 0.334 e. The Morgan fingerprint density at radius 1 is 0.808 bits per heavy atom. The van der Waals surface area contributed by atoms with Crippen molar-refractivity contribution in [2.24, 2.45) is 0 Å². The number of hydrogen-bond donors (Lipinski definition) is 1. The number of aliphatic hydroxyl groups excluding tert-OH is 1. The number of unbranched alkanes of at least 4 members (excludes halogenated alkanes) is 10. The molecule has 0 heterocycles. The highest BCUT2D eigenvalue weighted by Gasteiger charge is 2.05. The van der Waals surface area contributed by atoms with Crippen LogP contribution in [0.4, 0.5) is 0 Å². The Hall–Kier alpha value is -1.10. The number of aliphatic hydroxyl groups is 1. The third kappa shape index (κ3) is 22.9. The van der Waals surface area contributed by atoms with Crippen LogP contribution in [-0.2, 0) is 19.1 Å². The molecule has 0 spiro atoms. The quantitative estimate of drug-likeness (QED) is 0.335. The van der Waals surface area contributed by atoms with Crippen molar-refractivity contribution < 1.29 is 24.2 Å². The molecule has 1 N–H and O–H groups in total. The van der Waals surface area contributed by atoms with Crippen LogP contribution in [0, 0.1) is 0 Å². The van der Waals surface area contributed by atoms with Gasteiger partial charge >= 0.3 is 11.9 Å². The van der Waals surface area contributed by atoms with E-state index in [0.29, 0.717) is 6.42 Å². The molecule has 0 aromatic rings. The first kappa shape index (κ1) is 27.1. The Kier molecular flexibility index (Phi) is 21.1. The minimum absolute atomic E-state index is 0.0280. The summed E-state index contributed by atoms with van der Waals surface area (Å²) in [7, 11) is 1.23. The van der Waals surface area contributed by atoms with Crippen molar-refractivity contribution in [2.75, 3.05) is 7.11 Å². The van der Waals surface area contributed by atoms with Gasteiger partial charge in [0.1, 0.15) is 6.10 Å². The van der Waals surface area contributed by atoms with E-state index in [0.717, 1.165) is 6.42 Å². The predicted molar refractivity (Wildman–Crippen MR) is 106 cm³/mol. The van der Waals surface area contributed by atoms with E-state index in [2.05, 4.69) is 11.7 Å². The van der Waals surface area contributed by atoms with E-state index in [-0.39, 0.29) is 12.1 Å². The first-order chi connectivity index (χ1) is 12.3. The summed E-state index contributed by atoms with van der Waals surface area (Å²) in [6.07, 6.45) is 14.1. The van der Waals surface area contributed by atoms with E-state index >= 15 is 0 Å². The lowest BCUT2D eigenvalue weighted by atomic mass is 10.1. The van der Waals surface area contributed by atoms with Crippen LogP contribution >= 0.6 is 0 Å². The van der Waals surface area contributed by atoms with Crippen molar-refractivity contribution in [2.45, 2.75) is 117 Å². The van der Waals surface area contributed by atoms with Crippen molar-refractivity contribution in [3.8, 4) is 0 Å². The molecule has 0 aromatic heterocycles. The largest absolute Gasteiger partial charge is 0.467 e. The molecule has 0 aliphatic heterocycles. The highest BCUT2D eigenvalue weighted by molar-refractivity contribution is 5.73. The van der Waals surface area contributed by atoms with Crippen LogP contribution < -0.4 is 0 Å². The number of methoxy groups -OCH3 is 1. The third-order valence-electron chi connectivity index (χ3n) is 3.89. The molecule has 0 bridgehead atoms. The normalized spacial score (nSPS) is 11.5. The van der Waals surface area contributed by atoms with E-state index in [1.807, 2.05) is 13.8 Å². The highest BCUT2D eigenvalue weighted by Crippen LogP contribution is 2.12. The molecule has 5 nitrogen and oxygen atoms in total. The molecule has 0 saturated heterocycles. The van der Waals surface area contributed by atoms with Crippen LogP contribution in [0.25, 0.3) is 0 Å². The Morgan fingerprint density at radius 2 is 1.23 bits per heavy atom. The van der Waals surface area contributed by atoms with Gasteiger partial charge in [0.25, 0.3) is 0 Å². The number of rotatable bonds is 14. The summed E-state index contributed by atoms with van der Waals surface area (Å²) in [4.78, 5) is 21.3. The number of ether oxygens (including phenoxy) is 2. The van der Waals surface area contributed by atoms with Crippen molar-refractivity contribution in [3.05, 3.63) is 0 Å². The molecule has 0 aliphatic carbocycles. The zero-order valence-corrected chi connectivity index (χ0v) is 17.7. The number of hydrogen-bond acceptors (Lipinski definition) is 5. The summed E-state index contributed by atoms with van der Waals surface area (Å²) < 4.78 is 9.23. The average molecular weight is 375 g/mol. The molecule has 5 heteroatoms. The van der Waals surface area contributed by atoms with E-state index in [1.54, 1.807) is 0 Å². The molecule has 0 fully saturated rings. The third-order valence-corrected chi connectivity index (χ3v) is 3.89. The second kappa shape index (κ2) is 20.2. The lowest BCUT2D eigenvalue weighted by Crippen LogP contribution is -2.16. The summed E-state index contributed by atoms with van der Waals surface area (Å²) >= 11 is 0. The summed E-state index contributed by atoms with van der Waals surface area (Å²) in [6.45, 7) is 7.42. The van der Waals surface area contributed by atoms with Crippen molar-refractivity contribution in [3.63, 3.8) is 0 Å². The molecule has 26 heavy (non-hydrogen) atoms. The monoisotopic (exact) mass is 374 g/mol. The number of esters is 2. The molecule has 156 valence electrons. The molecule has 0 amide bonds. The van der Waals surface area contributed by atoms with Crippen molar-refractivity contribution in [1.29, 1.82) is 0 Å². The standard InChI is InChI=1S/C17H34O2.C4H8O3/c1-4-5-6-7-8-9-10-11-12-13-14-15-17(18)19-16(2)3;1-3(5)4(6)7-2/h16H,4-15H2,1-3H3;3,5H,1-2H3. The van der Waals surface area contributed by atoms with Gasteiger partial charge in [0.15, 0.2) is 0 Å². The van der Waals surface area contributed by atoms with E-state index in [1.165, 1.54) is 78.2 Å². The summed E-state index contributed by atoms with van der Waals surface area (Å²) in [6, 6.07) is 0. The zero-order valence-electron chi connectivity index (χ0n) is 17.7. The first-order valence-electron chi connectivity index (χ1n) is 10.3. The van der Waals surface area contributed by atoms with E-state index in [4.69, 9.17) is 9.84 Å². The molecule has 0 aromatic carbocycles. The summed E-state index contributed by atoms with van der Waals surface area (Å²) in [5.41, 5.74) is 0. The van der Waals surface area contributed by atoms with Crippen LogP contribution in [-0.4, -0.2) is 36.4 Å². The Morgan fingerprint density at radius 3 is 1.54 bits per heavy atom. The fourth-order valence-corrected chi connectivity index (χ4v) is 2.43. The van der Waals surface area contributed by atoms with E-state index in [9.17, 15) is 9.59 Å². The van der Waals surface area contributed by atoms with Gasteiger partial charge < -0.3 is 14.6 Å².